The van der Waals surface area contributed by atoms with Crippen LogP contribution in [0.15, 0.2) is 59.3 Å². The van der Waals surface area contributed by atoms with Crippen molar-refractivity contribution in [1.29, 1.82) is 0 Å². The molecule has 0 saturated carbocycles. The lowest BCUT2D eigenvalue weighted by Gasteiger charge is -2.25. The van der Waals surface area contributed by atoms with Gasteiger partial charge in [-0.25, -0.2) is 0 Å². The molecule has 0 heterocycles. The molecule has 1 atom stereocenters. The fourth-order valence-corrected chi connectivity index (χ4v) is 2.23. The van der Waals surface area contributed by atoms with Crippen LogP contribution in [-0.2, 0) is 9.59 Å². The highest BCUT2D eigenvalue weighted by Gasteiger charge is 2.34. The fourth-order valence-electron chi connectivity index (χ4n) is 2.23. The first kappa shape index (κ1) is 12.5. The third kappa shape index (κ3) is 1.83. The van der Waals surface area contributed by atoms with Gasteiger partial charge in [-0.2, -0.15) is 0 Å². The molecule has 0 amide bonds. The van der Waals surface area contributed by atoms with Crippen molar-refractivity contribution in [1.82, 2.24) is 0 Å². The Hall–Kier alpha value is -2.00. The molecule has 0 aliphatic heterocycles. The van der Waals surface area contributed by atoms with E-state index < -0.39 is 0 Å². The van der Waals surface area contributed by atoms with Crippen LogP contribution in [0.4, 0.5) is 0 Å². The van der Waals surface area contributed by atoms with Crippen molar-refractivity contribution in [2.45, 2.75) is 19.4 Å². The van der Waals surface area contributed by atoms with Crippen LogP contribution in [-0.4, -0.2) is 17.6 Å². The number of hydrogen-bond acceptors (Lipinski definition) is 3. The molecule has 92 valence electrons. The van der Waals surface area contributed by atoms with E-state index in [4.69, 9.17) is 5.73 Å². The van der Waals surface area contributed by atoms with Gasteiger partial charge >= 0.3 is 0 Å². The van der Waals surface area contributed by atoms with E-state index in [1.807, 2.05) is 6.08 Å². The Morgan fingerprint density at radius 1 is 1.39 bits per heavy atom. The molecule has 0 spiro atoms. The number of carbonyl (C=O) groups is 2. The summed E-state index contributed by atoms with van der Waals surface area (Å²) in [4.78, 5) is 24.6. The predicted octanol–water partition coefficient (Wildman–Crippen LogP) is 1.78. The lowest BCUT2D eigenvalue weighted by Crippen LogP contribution is -2.35. The van der Waals surface area contributed by atoms with Gasteiger partial charge < -0.3 is 5.73 Å². The van der Waals surface area contributed by atoms with Gasteiger partial charge in [0.25, 0.3) is 0 Å². The second-order valence-electron chi connectivity index (χ2n) is 4.36. The molecular weight excluding hydrogens is 226 g/mol. The predicted molar refractivity (Wildman–Crippen MR) is 70.8 cm³/mol. The first-order valence-corrected chi connectivity index (χ1v) is 5.83. The van der Waals surface area contributed by atoms with Crippen molar-refractivity contribution in [2.24, 2.45) is 5.73 Å². The molecule has 2 aliphatic carbocycles. The van der Waals surface area contributed by atoms with Crippen molar-refractivity contribution in [3.05, 3.63) is 59.3 Å². The summed E-state index contributed by atoms with van der Waals surface area (Å²) in [6.07, 6.45) is 8.98. The highest BCUT2D eigenvalue weighted by Crippen LogP contribution is 2.31. The summed E-state index contributed by atoms with van der Waals surface area (Å²) in [7, 11) is 0. The molecule has 0 saturated heterocycles. The number of Topliss-reactive ketones (excluding diaryl/α,β-unsaturated/α-hetero) is 2. The van der Waals surface area contributed by atoms with Gasteiger partial charge in [-0.1, -0.05) is 37.0 Å². The zero-order chi connectivity index (χ0) is 13.3. The minimum Gasteiger partial charge on any atom is -0.324 e. The average molecular weight is 241 g/mol. The molecule has 3 heteroatoms. The summed E-state index contributed by atoms with van der Waals surface area (Å²) >= 11 is 0. The van der Waals surface area contributed by atoms with E-state index in [9.17, 15) is 9.59 Å². The maximum absolute atomic E-state index is 12.4. The quantitative estimate of drug-likeness (QED) is 0.592. The highest BCUT2D eigenvalue weighted by molar-refractivity contribution is 6.27. The van der Waals surface area contributed by atoms with Crippen LogP contribution in [0.5, 0.6) is 0 Å². The molecule has 0 aromatic carbocycles. The number of hydrogen-bond donors (Lipinski definition) is 1. The highest BCUT2D eigenvalue weighted by atomic mass is 16.1. The third-order valence-corrected chi connectivity index (χ3v) is 3.21. The Bertz CT molecular complexity index is 559. The maximum atomic E-state index is 12.4. The molecule has 2 N–H and O–H groups in total. The summed E-state index contributed by atoms with van der Waals surface area (Å²) in [6, 6.07) is -0.387. The minimum absolute atomic E-state index is 0.111. The summed E-state index contributed by atoms with van der Waals surface area (Å²) in [5.41, 5.74) is 7.71. The molecular formula is C15H15NO2. The maximum Gasteiger partial charge on any atom is 0.191 e. The Balaban J connectivity index is 2.55. The van der Waals surface area contributed by atoms with Gasteiger partial charge in [0.15, 0.2) is 11.6 Å². The molecule has 0 radical (unpaired) electrons. The SMILES string of the molecule is C=C/C=C\C1=C(C)C(=O)C2=C(C1=O)C(N)CC=C2. The zero-order valence-corrected chi connectivity index (χ0v) is 10.3. The molecule has 0 bridgehead atoms. The lowest BCUT2D eigenvalue weighted by molar-refractivity contribution is -0.116. The molecule has 0 aromatic rings. The molecule has 0 fully saturated rings. The van der Waals surface area contributed by atoms with E-state index in [0.717, 1.165) is 0 Å². The Morgan fingerprint density at radius 3 is 2.78 bits per heavy atom. The standard InChI is InChI=1S/C15H15NO2/c1-3-4-6-10-9(2)14(17)11-7-5-8-12(16)13(11)15(10)18/h3-7,12H,1,8,16H2,2H3/b6-4-. The normalized spacial score (nSPS) is 24.0. The van der Waals surface area contributed by atoms with Crippen molar-refractivity contribution in [2.75, 3.05) is 0 Å². The Kier molecular flexibility index (Phi) is 3.26. The molecule has 0 aromatic heterocycles. The van der Waals surface area contributed by atoms with Crippen LogP contribution in [0.3, 0.4) is 0 Å². The van der Waals surface area contributed by atoms with Crippen LogP contribution in [0.1, 0.15) is 13.3 Å². The van der Waals surface area contributed by atoms with E-state index in [-0.39, 0.29) is 17.6 Å². The number of rotatable bonds is 2. The lowest BCUT2D eigenvalue weighted by atomic mass is 9.78. The van der Waals surface area contributed by atoms with Gasteiger partial charge in [-0.3, -0.25) is 9.59 Å². The van der Waals surface area contributed by atoms with Crippen LogP contribution >= 0.6 is 0 Å². The summed E-state index contributed by atoms with van der Waals surface area (Å²) in [5.74, 6) is -0.253. The van der Waals surface area contributed by atoms with E-state index in [1.54, 1.807) is 31.2 Å². The molecule has 2 rings (SSSR count). The van der Waals surface area contributed by atoms with Gasteiger partial charge in [0.05, 0.1) is 0 Å². The van der Waals surface area contributed by atoms with Gasteiger partial charge in [0.1, 0.15) is 0 Å². The van der Waals surface area contributed by atoms with Crippen molar-refractivity contribution in [3.63, 3.8) is 0 Å². The molecule has 3 nitrogen and oxygen atoms in total. The molecule has 18 heavy (non-hydrogen) atoms. The Labute approximate surface area is 106 Å². The van der Waals surface area contributed by atoms with Crippen molar-refractivity contribution < 1.29 is 9.59 Å². The first-order chi connectivity index (χ1) is 8.57. The van der Waals surface area contributed by atoms with E-state index in [0.29, 0.717) is 28.7 Å². The smallest absolute Gasteiger partial charge is 0.191 e. The van der Waals surface area contributed by atoms with Crippen LogP contribution < -0.4 is 5.73 Å². The number of allylic oxidation sites excluding steroid dienone is 7. The van der Waals surface area contributed by atoms with Crippen LogP contribution in [0.25, 0.3) is 0 Å². The number of ketones is 2. The Morgan fingerprint density at radius 2 is 2.11 bits per heavy atom. The van der Waals surface area contributed by atoms with Gasteiger partial charge in [0.2, 0.25) is 0 Å². The summed E-state index contributed by atoms with van der Waals surface area (Å²) in [5, 5.41) is 0. The van der Waals surface area contributed by atoms with Crippen molar-refractivity contribution in [3.8, 4) is 0 Å². The number of nitrogens with two attached hydrogens (primary N) is 1. The van der Waals surface area contributed by atoms with Gasteiger partial charge in [0, 0.05) is 28.3 Å². The second-order valence-corrected chi connectivity index (χ2v) is 4.36. The van der Waals surface area contributed by atoms with E-state index in [2.05, 4.69) is 6.58 Å². The molecule has 2 aliphatic rings. The first-order valence-electron chi connectivity index (χ1n) is 5.83. The third-order valence-electron chi connectivity index (χ3n) is 3.21. The average Bonchev–Trinajstić information content (AvgIpc) is 2.36. The van der Waals surface area contributed by atoms with E-state index >= 15 is 0 Å². The van der Waals surface area contributed by atoms with Crippen LogP contribution in [0, 0.1) is 0 Å². The zero-order valence-electron chi connectivity index (χ0n) is 10.3. The fraction of sp³-hybridized carbons (Fsp3) is 0.200. The van der Waals surface area contributed by atoms with E-state index in [1.165, 1.54) is 0 Å². The second kappa shape index (κ2) is 4.70. The number of carbonyl (C=O) groups excluding carboxylic acids is 2. The monoisotopic (exact) mass is 241 g/mol. The van der Waals surface area contributed by atoms with Gasteiger partial charge in [-0.05, 0) is 13.3 Å². The summed E-state index contributed by atoms with van der Waals surface area (Å²) < 4.78 is 0. The minimum atomic E-state index is -0.387. The van der Waals surface area contributed by atoms with Gasteiger partial charge in [-0.15, -0.1) is 0 Å². The van der Waals surface area contributed by atoms with Crippen molar-refractivity contribution >= 4 is 11.6 Å². The topological polar surface area (TPSA) is 60.2 Å². The summed E-state index contributed by atoms with van der Waals surface area (Å²) in [6.45, 7) is 5.22. The van der Waals surface area contributed by atoms with Crippen LogP contribution in [0.2, 0.25) is 0 Å². The molecule has 1 unspecified atom stereocenters. The largest absolute Gasteiger partial charge is 0.324 e.